The summed E-state index contributed by atoms with van der Waals surface area (Å²) in [5.74, 6) is 0. The molecule has 5 heteroatoms. The van der Waals surface area contributed by atoms with Crippen LogP contribution in [-0.2, 0) is 11.8 Å². The fourth-order valence-corrected chi connectivity index (χ4v) is 1.92. The van der Waals surface area contributed by atoms with Gasteiger partial charge in [0.25, 0.3) is 0 Å². The molecule has 0 spiro atoms. The summed E-state index contributed by atoms with van der Waals surface area (Å²) >= 11 is 6.15. The zero-order valence-electron chi connectivity index (χ0n) is 11.2. The Morgan fingerprint density at radius 1 is 1.53 bits per heavy atom. The van der Waals surface area contributed by atoms with Crippen LogP contribution in [0, 0.1) is 0 Å². The normalized spacial score (nSPS) is 14.0. The first kappa shape index (κ1) is 14.5. The molecule has 0 bridgehead atoms. The molecule has 0 fully saturated rings. The number of nitrogens with zero attached hydrogens (tertiary/aromatic N) is 2. The van der Waals surface area contributed by atoms with Gasteiger partial charge in [0.15, 0.2) is 0 Å². The largest absolute Gasteiger partial charge is 0.374 e. The number of aryl methyl sites for hydroxylation is 1. The maximum absolute atomic E-state index is 6.15. The van der Waals surface area contributed by atoms with Crippen molar-refractivity contribution in [3.05, 3.63) is 16.9 Å². The molecule has 0 radical (unpaired) electrons. The number of likely N-dealkylation sites (N-methyl/N-ethyl adjacent to an activating group) is 1. The molecule has 1 aromatic heterocycles. The van der Waals surface area contributed by atoms with Gasteiger partial charge in [-0.3, -0.25) is 4.68 Å². The van der Waals surface area contributed by atoms with Gasteiger partial charge < -0.3 is 10.1 Å². The van der Waals surface area contributed by atoms with E-state index in [1.165, 1.54) is 0 Å². The van der Waals surface area contributed by atoms with Crippen molar-refractivity contribution >= 4 is 11.6 Å². The lowest BCUT2D eigenvalue weighted by molar-refractivity contribution is -0.0155. The Morgan fingerprint density at radius 3 is 2.59 bits per heavy atom. The van der Waals surface area contributed by atoms with Gasteiger partial charge in [-0.2, -0.15) is 5.10 Å². The number of ether oxygens (including phenoxy) is 1. The zero-order valence-corrected chi connectivity index (χ0v) is 12.0. The predicted molar refractivity (Wildman–Crippen MR) is 70.3 cm³/mol. The molecule has 1 aromatic rings. The second kappa shape index (κ2) is 5.85. The van der Waals surface area contributed by atoms with Crippen molar-refractivity contribution in [3.8, 4) is 0 Å². The van der Waals surface area contributed by atoms with Gasteiger partial charge in [-0.25, -0.2) is 0 Å². The number of aromatic nitrogens is 2. The fourth-order valence-electron chi connectivity index (χ4n) is 1.63. The van der Waals surface area contributed by atoms with Crippen LogP contribution in [0.15, 0.2) is 6.20 Å². The molecule has 1 unspecified atom stereocenters. The Labute approximate surface area is 108 Å². The average Bonchev–Trinajstić information content (AvgIpc) is 2.53. The highest BCUT2D eigenvalue weighted by Crippen LogP contribution is 2.23. The van der Waals surface area contributed by atoms with E-state index >= 15 is 0 Å². The van der Waals surface area contributed by atoms with Crippen molar-refractivity contribution in [1.29, 1.82) is 0 Å². The SMILES string of the molecule is CCNC(COC(C)(C)C)c1c(Cl)cnn1C. The first-order valence-electron chi connectivity index (χ1n) is 5.90. The molecule has 0 amide bonds. The van der Waals surface area contributed by atoms with Gasteiger partial charge in [0.2, 0.25) is 0 Å². The molecule has 0 aliphatic carbocycles. The highest BCUT2D eigenvalue weighted by Gasteiger charge is 2.21. The van der Waals surface area contributed by atoms with Crippen molar-refractivity contribution in [1.82, 2.24) is 15.1 Å². The Hall–Kier alpha value is -0.580. The standard InChI is InChI=1S/C12H22ClN3O/c1-6-14-10(8-17-12(2,3)4)11-9(13)7-15-16(11)5/h7,10,14H,6,8H2,1-5H3. The quantitative estimate of drug-likeness (QED) is 0.883. The number of nitrogens with one attached hydrogen (secondary N) is 1. The van der Waals surface area contributed by atoms with Gasteiger partial charge in [-0.05, 0) is 27.3 Å². The van der Waals surface area contributed by atoms with E-state index in [0.29, 0.717) is 11.6 Å². The van der Waals surface area contributed by atoms with Crippen molar-refractivity contribution in [2.45, 2.75) is 39.3 Å². The number of halogens is 1. The Balaban J connectivity index is 2.79. The molecular weight excluding hydrogens is 238 g/mol. The predicted octanol–water partition coefficient (Wildman–Crippen LogP) is 2.54. The lowest BCUT2D eigenvalue weighted by Crippen LogP contribution is -2.31. The molecule has 0 aliphatic rings. The van der Waals surface area contributed by atoms with E-state index < -0.39 is 0 Å². The average molecular weight is 260 g/mol. The second-order valence-electron chi connectivity index (χ2n) is 5.03. The minimum atomic E-state index is -0.154. The third kappa shape index (κ3) is 4.30. The van der Waals surface area contributed by atoms with Crippen molar-refractivity contribution in [2.24, 2.45) is 7.05 Å². The van der Waals surface area contributed by atoms with E-state index in [9.17, 15) is 0 Å². The highest BCUT2D eigenvalue weighted by molar-refractivity contribution is 6.31. The Morgan fingerprint density at radius 2 is 2.18 bits per heavy atom. The smallest absolute Gasteiger partial charge is 0.0834 e. The van der Waals surface area contributed by atoms with Crippen molar-refractivity contribution in [3.63, 3.8) is 0 Å². The van der Waals surface area contributed by atoms with E-state index in [2.05, 4.69) is 17.3 Å². The lowest BCUT2D eigenvalue weighted by atomic mass is 10.1. The van der Waals surface area contributed by atoms with Gasteiger partial charge in [-0.15, -0.1) is 0 Å². The Bertz CT molecular complexity index is 338. The van der Waals surface area contributed by atoms with Gasteiger partial charge in [0.1, 0.15) is 0 Å². The minimum Gasteiger partial charge on any atom is -0.374 e. The van der Waals surface area contributed by atoms with Crippen LogP contribution in [0.1, 0.15) is 39.4 Å². The maximum atomic E-state index is 6.15. The summed E-state index contributed by atoms with van der Waals surface area (Å²) in [6, 6.07) is 0.0687. The van der Waals surface area contributed by atoms with Gasteiger partial charge in [0, 0.05) is 7.05 Å². The van der Waals surface area contributed by atoms with E-state index in [-0.39, 0.29) is 11.6 Å². The summed E-state index contributed by atoms with van der Waals surface area (Å²) in [6.45, 7) is 9.63. The molecule has 4 nitrogen and oxygen atoms in total. The van der Waals surface area contributed by atoms with Crippen LogP contribution >= 0.6 is 11.6 Å². The van der Waals surface area contributed by atoms with Crippen LogP contribution in [-0.4, -0.2) is 28.5 Å². The number of rotatable bonds is 5. The van der Waals surface area contributed by atoms with Crippen LogP contribution in [0.4, 0.5) is 0 Å². The summed E-state index contributed by atoms with van der Waals surface area (Å²) in [6.07, 6.45) is 1.66. The lowest BCUT2D eigenvalue weighted by Gasteiger charge is -2.25. The molecule has 17 heavy (non-hydrogen) atoms. The molecule has 1 heterocycles. The second-order valence-corrected chi connectivity index (χ2v) is 5.44. The summed E-state index contributed by atoms with van der Waals surface area (Å²) in [5.41, 5.74) is 0.816. The fraction of sp³-hybridized carbons (Fsp3) is 0.750. The molecule has 0 aliphatic heterocycles. The van der Waals surface area contributed by atoms with E-state index in [1.54, 1.807) is 10.9 Å². The monoisotopic (exact) mass is 259 g/mol. The summed E-state index contributed by atoms with van der Waals surface area (Å²) in [4.78, 5) is 0. The molecule has 0 saturated carbocycles. The minimum absolute atomic E-state index is 0.0687. The van der Waals surface area contributed by atoms with E-state index in [4.69, 9.17) is 16.3 Å². The highest BCUT2D eigenvalue weighted by atomic mass is 35.5. The van der Waals surface area contributed by atoms with Gasteiger partial charge in [0.05, 0.1) is 35.2 Å². The molecule has 1 N–H and O–H groups in total. The molecule has 1 rings (SSSR count). The summed E-state index contributed by atoms with van der Waals surface area (Å²) < 4.78 is 7.61. The van der Waals surface area contributed by atoms with Crippen LogP contribution < -0.4 is 5.32 Å². The van der Waals surface area contributed by atoms with Gasteiger partial charge in [-0.1, -0.05) is 18.5 Å². The number of hydrogen-bond donors (Lipinski definition) is 1. The molecular formula is C12H22ClN3O. The summed E-state index contributed by atoms with van der Waals surface area (Å²) in [5, 5.41) is 8.20. The van der Waals surface area contributed by atoms with Crippen LogP contribution in [0.3, 0.4) is 0 Å². The van der Waals surface area contributed by atoms with Crippen molar-refractivity contribution < 1.29 is 4.74 Å². The zero-order chi connectivity index (χ0) is 13.1. The van der Waals surface area contributed by atoms with Crippen LogP contribution in [0.25, 0.3) is 0 Å². The topological polar surface area (TPSA) is 39.1 Å². The van der Waals surface area contributed by atoms with Crippen LogP contribution in [0.5, 0.6) is 0 Å². The summed E-state index contributed by atoms with van der Waals surface area (Å²) in [7, 11) is 1.89. The van der Waals surface area contributed by atoms with E-state index in [0.717, 1.165) is 12.2 Å². The van der Waals surface area contributed by atoms with E-state index in [1.807, 2.05) is 27.8 Å². The molecule has 0 saturated heterocycles. The first-order valence-corrected chi connectivity index (χ1v) is 6.27. The van der Waals surface area contributed by atoms with Gasteiger partial charge >= 0.3 is 0 Å². The molecule has 0 aromatic carbocycles. The maximum Gasteiger partial charge on any atom is 0.0834 e. The molecule has 98 valence electrons. The van der Waals surface area contributed by atoms with Crippen LogP contribution in [0.2, 0.25) is 5.02 Å². The molecule has 1 atom stereocenters. The Kier molecular flexibility index (Phi) is 4.98. The first-order chi connectivity index (χ1) is 7.85. The number of hydrogen-bond acceptors (Lipinski definition) is 3. The third-order valence-electron chi connectivity index (χ3n) is 2.40. The third-order valence-corrected chi connectivity index (χ3v) is 2.69. The van der Waals surface area contributed by atoms with Crippen molar-refractivity contribution in [2.75, 3.05) is 13.2 Å².